The Labute approximate surface area is 88.5 Å². The fourth-order valence-electron chi connectivity index (χ4n) is 1.02. The standard InChI is InChI=1S/C10H15N3O2/c1-7(6-14)8(2)13-10(15)9-3-4-11-12-5-9/h3-5,7-8,14H,6H2,1-2H3,(H,13,15). The number of rotatable bonds is 4. The van der Waals surface area contributed by atoms with Crippen LogP contribution in [0, 0.1) is 5.92 Å². The smallest absolute Gasteiger partial charge is 0.253 e. The van der Waals surface area contributed by atoms with Crippen LogP contribution in [-0.2, 0) is 0 Å². The Bertz CT molecular complexity index is 316. The van der Waals surface area contributed by atoms with Gasteiger partial charge in [0.2, 0.25) is 0 Å². The first-order valence-corrected chi connectivity index (χ1v) is 4.83. The number of nitrogens with one attached hydrogen (secondary N) is 1. The molecular formula is C10H15N3O2. The monoisotopic (exact) mass is 209 g/mol. The van der Waals surface area contributed by atoms with Gasteiger partial charge in [-0.25, -0.2) is 0 Å². The Morgan fingerprint density at radius 3 is 2.80 bits per heavy atom. The Hall–Kier alpha value is -1.49. The van der Waals surface area contributed by atoms with Crippen molar-refractivity contribution in [2.45, 2.75) is 19.9 Å². The van der Waals surface area contributed by atoms with Crippen LogP contribution >= 0.6 is 0 Å². The molecule has 0 saturated heterocycles. The van der Waals surface area contributed by atoms with E-state index in [1.807, 2.05) is 13.8 Å². The highest BCUT2D eigenvalue weighted by Crippen LogP contribution is 2.02. The molecule has 0 fully saturated rings. The topological polar surface area (TPSA) is 75.1 Å². The Morgan fingerprint density at radius 2 is 2.27 bits per heavy atom. The van der Waals surface area contributed by atoms with Gasteiger partial charge in [0.1, 0.15) is 0 Å². The summed E-state index contributed by atoms with van der Waals surface area (Å²) in [6.45, 7) is 3.78. The van der Waals surface area contributed by atoms with Crippen LogP contribution in [0.25, 0.3) is 0 Å². The average Bonchev–Trinajstić information content (AvgIpc) is 2.29. The zero-order chi connectivity index (χ0) is 11.3. The van der Waals surface area contributed by atoms with Gasteiger partial charge in [0.25, 0.3) is 5.91 Å². The third-order valence-corrected chi connectivity index (χ3v) is 2.35. The molecule has 2 N–H and O–H groups in total. The van der Waals surface area contributed by atoms with Crippen LogP contribution in [0.15, 0.2) is 18.5 Å². The van der Waals surface area contributed by atoms with Crippen LogP contribution in [0.4, 0.5) is 0 Å². The molecule has 2 unspecified atom stereocenters. The Kier molecular flexibility index (Phi) is 4.17. The van der Waals surface area contributed by atoms with Crippen molar-refractivity contribution in [3.8, 4) is 0 Å². The molecule has 1 amide bonds. The summed E-state index contributed by atoms with van der Waals surface area (Å²) in [7, 11) is 0. The summed E-state index contributed by atoms with van der Waals surface area (Å²) in [6, 6.07) is 1.52. The summed E-state index contributed by atoms with van der Waals surface area (Å²) in [5, 5.41) is 18.9. The number of hydrogen-bond donors (Lipinski definition) is 2. The Balaban J connectivity index is 2.57. The van der Waals surface area contributed by atoms with E-state index >= 15 is 0 Å². The molecule has 5 nitrogen and oxygen atoms in total. The molecule has 0 saturated carbocycles. The quantitative estimate of drug-likeness (QED) is 0.744. The molecule has 1 aromatic heterocycles. The summed E-state index contributed by atoms with van der Waals surface area (Å²) in [4.78, 5) is 11.6. The normalized spacial score (nSPS) is 14.3. The Morgan fingerprint density at radius 1 is 1.53 bits per heavy atom. The zero-order valence-electron chi connectivity index (χ0n) is 8.84. The molecule has 15 heavy (non-hydrogen) atoms. The number of hydrogen-bond acceptors (Lipinski definition) is 4. The maximum atomic E-state index is 11.6. The number of amides is 1. The molecule has 0 spiro atoms. The fourth-order valence-corrected chi connectivity index (χ4v) is 1.02. The summed E-state index contributed by atoms with van der Waals surface area (Å²) in [6.07, 6.45) is 2.88. The molecule has 1 heterocycles. The third-order valence-electron chi connectivity index (χ3n) is 2.35. The van der Waals surface area contributed by atoms with Gasteiger partial charge >= 0.3 is 0 Å². The zero-order valence-corrected chi connectivity index (χ0v) is 8.84. The molecule has 2 atom stereocenters. The molecule has 0 aliphatic heterocycles. The van der Waals surface area contributed by atoms with Gasteiger partial charge < -0.3 is 10.4 Å². The highest BCUT2D eigenvalue weighted by Gasteiger charge is 2.14. The van der Waals surface area contributed by atoms with E-state index in [2.05, 4.69) is 15.5 Å². The van der Waals surface area contributed by atoms with Crippen molar-refractivity contribution in [1.82, 2.24) is 15.5 Å². The van der Waals surface area contributed by atoms with Gasteiger partial charge in [0, 0.05) is 12.6 Å². The molecule has 0 bridgehead atoms. The maximum absolute atomic E-state index is 11.6. The summed E-state index contributed by atoms with van der Waals surface area (Å²) in [5.41, 5.74) is 0.474. The van der Waals surface area contributed by atoms with Crippen LogP contribution in [0.2, 0.25) is 0 Å². The molecule has 0 radical (unpaired) electrons. The van der Waals surface area contributed by atoms with Crippen molar-refractivity contribution in [3.05, 3.63) is 24.0 Å². The van der Waals surface area contributed by atoms with Gasteiger partial charge in [-0.3, -0.25) is 4.79 Å². The molecule has 82 valence electrons. The van der Waals surface area contributed by atoms with Gasteiger partial charge in [-0.2, -0.15) is 10.2 Å². The number of carbonyl (C=O) groups is 1. The minimum atomic E-state index is -0.197. The lowest BCUT2D eigenvalue weighted by molar-refractivity contribution is 0.0915. The van der Waals surface area contributed by atoms with Crippen molar-refractivity contribution in [3.63, 3.8) is 0 Å². The first-order valence-electron chi connectivity index (χ1n) is 4.83. The van der Waals surface area contributed by atoms with E-state index in [1.165, 1.54) is 12.4 Å². The van der Waals surface area contributed by atoms with Crippen LogP contribution in [-0.4, -0.2) is 33.9 Å². The van der Waals surface area contributed by atoms with Gasteiger partial charge in [0.05, 0.1) is 18.0 Å². The minimum Gasteiger partial charge on any atom is -0.396 e. The van der Waals surface area contributed by atoms with E-state index in [0.717, 1.165) is 0 Å². The van der Waals surface area contributed by atoms with Crippen molar-refractivity contribution >= 4 is 5.91 Å². The van der Waals surface area contributed by atoms with Crippen molar-refractivity contribution in [2.24, 2.45) is 5.92 Å². The molecule has 0 aromatic carbocycles. The highest BCUT2D eigenvalue weighted by molar-refractivity contribution is 5.93. The SMILES string of the molecule is CC(CO)C(C)NC(=O)c1ccnnc1. The van der Waals surface area contributed by atoms with Crippen LogP contribution in [0.1, 0.15) is 24.2 Å². The van der Waals surface area contributed by atoms with Gasteiger partial charge in [-0.05, 0) is 18.9 Å². The molecular weight excluding hydrogens is 194 g/mol. The van der Waals surface area contributed by atoms with Gasteiger partial charge in [-0.15, -0.1) is 0 Å². The van der Waals surface area contributed by atoms with Crippen molar-refractivity contribution in [1.29, 1.82) is 0 Å². The first kappa shape index (κ1) is 11.6. The lowest BCUT2D eigenvalue weighted by Crippen LogP contribution is -2.38. The molecule has 1 aromatic rings. The second kappa shape index (κ2) is 5.41. The van der Waals surface area contributed by atoms with Gasteiger partial charge in [-0.1, -0.05) is 6.92 Å². The average molecular weight is 209 g/mol. The maximum Gasteiger partial charge on any atom is 0.253 e. The van der Waals surface area contributed by atoms with Crippen molar-refractivity contribution < 1.29 is 9.90 Å². The fraction of sp³-hybridized carbons (Fsp3) is 0.500. The van der Waals surface area contributed by atoms with E-state index < -0.39 is 0 Å². The highest BCUT2D eigenvalue weighted by atomic mass is 16.3. The van der Waals surface area contributed by atoms with E-state index in [-0.39, 0.29) is 24.5 Å². The molecule has 5 heteroatoms. The molecule has 0 aliphatic carbocycles. The van der Waals surface area contributed by atoms with Crippen molar-refractivity contribution in [2.75, 3.05) is 6.61 Å². The largest absolute Gasteiger partial charge is 0.396 e. The van der Waals surface area contributed by atoms with E-state index in [1.54, 1.807) is 6.07 Å². The van der Waals surface area contributed by atoms with E-state index in [9.17, 15) is 4.79 Å². The second-order valence-corrected chi connectivity index (χ2v) is 3.55. The minimum absolute atomic E-state index is 0.0312. The lowest BCUT2D eigenvalue weighted by Gasteiger charge is -2.18. The number of carbonyl (C=O) groups excluding carboxylic acids is 1. The third kappa shape index (κ3) is 3.28. The van der Waals surface area contributed by atoms with Gasteiger partial charge in [0.15, 0.2) is 0 Å². The van der Waals surface area contributed by atoms with Crippen LogP contribution in [0.3, 0.4) is 0 Å². The molecule has 1 rings (SSSR count). The van der Waals surface area contributed by atoms with Crippen LogP contribution in [0.5, 0.6) is 0 Å². The summed E-state index contributed by atoms with van der Waals surface area (Å²) < 4.78 is 0. The number of aromatic nitrogens is 2. The first-order chi connectivity index (χ1) is 7.15. The predicted octanol–water partition coefficient (Wildman–Crippen LogP) is 0.223. The predicted molar refractivity (Wildman–Crippen MR) is 55.2 cm³/mol. The summed E-state index contributed by atoms with van der Waals surface area (Å²) in [5.74, 6) is -0.165. The van der Waals surface area contributed by atoms with E-state index in [4.69, 9.17) is 5.11 Å². The summed E-state index contributed by atoms with van der Waals surface area (Å²) >= 11 is 0. The number of aliphatic hydroxyl groups excluding tert-OH is 1. The molecule has 0 aliphatic rings. The van der Waals surface area contributed by atoms with E-state index in [0.29, 0.717) is 5.56 Å². The second-order valence-electron chi connectivity index (χ2n) is 3.55. The number of nitrogens with zero attached hydrogens (tertiary/aromatic N) is 2. The lowest BCUT2D eigenvalue weighted by atomic mass is 10.0. The number of aliphatic hydroxyl groups is 1. The van der Waals surface area contributed by atoms with Crippen LogP contribution < -0.4 is 5.32 Å².